The van der Waals surface area contributed by atoms with Crippen molar-refractivity contribution in [2.75, 3.05) is 7.11 Å². The molecule has 1 N–H and O–H groups in total. The summed E-state index contributed by atoms with van der Waals surface area (Å²) < 4.78 is 7.70. The molecule has 168 valence electrons. The number of aryl methyl sites for hydroxylation is 1. The Morgan fingerprint density at radius 1 is 1.00 bits per heavy atom. The van der Waals surface area contributed by atoms with Crippen LogP contribution in [0.25, 0.3) is 11.0 Å². The molecule has 0 aliphatic rings. The van der Waals surface area contributed by atoms with Gasteiger partial charge in [-0.15, -0.1) is 0 Å². The summed E-state index contributed by atoms with van der Waals surface area (Å²) in [5, 5.41) is 3.09. The maximum absolute atomic E-state index is 13.3. The van der Waals surface area contributed by atoms with Gasteiger partial charge in [-0.3, -0.25) is 18.7 Å². The summed E-state index contributed by atoms with van der Waals surface area (Å²) in [5.74, 6) is 0.213. The number of fused-ring (bicyclic) bond motifs is 1. The summed E-state index contributed by atoms with van der Waals surface area (Å²) in [6.45, 7) is 2.08. The van der Waals surface area contributed by atoms with Gasteiger partial charge in [-0.1, -0.05) is 48.0 Å². The third-order valence-corrected chi connectivity index (χ3v) is 5.41. The van der Waals surface area contributed by atoms with Crippen LogP contribution >= 0.6 is 0 Å². The Morgan fingerprint density at radius 3 is 2.52 bits per heavy atom. The Hall–Kier alpha value is -4.20. The number of rotatable bonds is 7. The molecule has 0 unspecified atom stereocenters. The lowest BCUT2D eigenvalue weighted by Crippen LogP contribution is -2.43. The van der Waals surface area contributed by atoms with E-state index in [1.54, 1.807) is 24.3 Å². The normalized spacial score (nSPS) is 10.8. The highest BCUT2D eigenvalue weighted by Gasteiger charge is 2.17. The van der Waals surface area contributed by atoms with Crippen molar-refractivity contribution in [3.63, 3.8) is 0 Å². The molecule has 0 fully saturated rings. The molecule has 0 aliphatic heterocycles. The van der Waals surface area contributed by atoms with Crippen LogP contribution in [0, 0.1) is 6.92 Å². The number of hydrogen-bond acceptors (Lipinski definition) is 5. The van der Waals surface area contributed by atoms with E-state index in [2.05, 4.69) is 10.3 Å². The fourth-order valence-corrected chi connectivity index (χ4v) is 3.64. The predicted octanol–water partition coefficient (Wildman–Crippen LogP) is 2.24. The van der Waals surface area contributed by atoms with Gasteiger partial charge in [-0.2, -0.15) is 0 Å². The van der Waals surface area contributed by atoms with Gasteiger partial charge in [0.25, 0.3) is 5.56 Å². The highest BCUT2D eigenvalue weighted by atomic mass is 16.5. The fourth-order valence-electron chi connectivity index (χ4n) is 3.64. The minimum Gasteiger partial charge on any atom is -0.496 e. The summed E-state index contributed by atoms with van der Waals surface area (Å²) in [6, 6.07) is 18.2. The Labute approximate surface area is 190 Å². The number of ether oxygens (including phenoxy) is 1. The van der Waals surface area contributed by atoms with E-state index in [4.69, 9.17) is 4.74 Å². The van der Waals surface area contributed by atoms with E-state index in [1.165, 1.54) is 17.9 Å². The van der Waals surface area contributed by atoms with Gasteiger partial charge < -0.3 is 10.1 Å². The molecule has 33 heavy (non-hydrogen) atoms. The number of nitrogens with one attached hydrogen (secondary N) is 1. The molecule has 4 aromatic rings. The van der Waals surface area contributed by atoms with Crippen molar-refractivity contribution >= 4 is 16.9 Å². The number of amides is 1. The monoisotopic (exact) mass is 444 g/mol. The Kier molecular flexibility index (Phi) is 6.35. The third kappa shape index (κ3) is 4.69. The van der Waals surface area contributed by atoms with Crippen LogP contribution in [0.15, 0.2) is 76.4 Å². The lowest BCUT2D eigenvalue weighted by atomic mass is 10.1. The molecule has 0 bridgehead atoms. The first-order valence-corrected chi connectivity index (χ1v) is 10.5. The first-order chi connectivity index (χ1) is 16.0. The van der Waals surface area contributed by atoms with E-state index in [-0.39, 0.29) is 30.0 Å². The molecular weight excluding hydrogens is 420 g/mol. The largest absolute Gasteiger partial charge is 0.496 e. The maximum Gasteiger partial charge on any atom is 0.333 e. The predicted molar refractivity (Wildman–Crippen MR) is 125 cm³/mol. The van der Waals surface area contributed by atoms with E-state index >= 15 is 0 Å². The summed E-state index contributed by atoms with van der Waals surface area (Å²) >= 11 is 0. The van der Waals surface area contributed by atoms with Gasteiger partial charge in [0.2, 0.25) is 5.91 Å². The van der Waals surface area contributed by atoms with Crippen molar-refractivity contribution in [2.45, 2.75) is 26.6 Å². The topological polar surface area (TPSA) is 95.2 Å². The number of para-hydroxylation sites is 1. The lowest BCUT2D eigenvalue weighted by Gasteiger charge is -2.14. The van der Waals surface area contributed by atoms with Gasteiger partial charge in [0.05, 0.1) is 19.0 Å². The number of methoxy groups -OCH3 is 1. The molecule has 0 saturated carbocycles. The van der Waals surface area contributed by atoms with Gasteiger partial charge in [-0.25, -0.2) is 9.78 Å². The van der Waals surface area contributed by atoms with Crippen LogP contribution in [0.3, 0.4) is 0 Å². The number of aromatic nitrogens is 3. The second-order valence-electron chi connectivity index (χ2n) is 7.71. The Balaban J connectivity index is 1.68. The molecule has 2 aromatic heterocycles. The average molecular weight is 444 g/mol. The van der Waals surface area contributed by atoms with Crippen molar-refractivity contribution in [2.24, 2.45) is 0 Å². The maximum atomic E-state index is 13.3. The molecule has 0 spiro atoms. The number of hydrogen-bond donors (Lipinski definition) is 1. The average Bonchev–Trinajstić information content (AvgIpc) is 2.84. The Morgan fingerprint density at radius 2 is 1.76 bits per heavy atom. The second-order valence-corrected chi connectivity index (χ2v) is 7.71. The minimum absolute atomic E-state index is 0.0114. The van der Waals surface area contributed by atoms with E-state index < -0.39 is 11.2 Å². The zero-order chi connectivity index (χ0) is 23.4. The fraction of sp³-hybridized carbons (Fsp3) is 0.200. The second kappa shape index (κ2) is 9.52. The Bertz CT molecular complexity index is 1420. The zero-order valence-corrected chi connectivity index (χ0v) is 18.4. The summed E-state index contributed by atoms with van der Waals surface area (Å²) in [5.41, 5.74) is 1.86. The quantitative estimate of drug-likeness (QED) is 0.472. The van der Waals surface area contributed by atoms with Crippen LogP contribution in [0.5, 0.6) is 5.75 Å². The van der Waals surface area contributed by atoms with Crippen LogP contribution in [-0.2, 0) is 24.4 Å². The van der Waals surface area contributed by atoms with Gasteiger partial charge in [0.1, 0.15) is 17.9 Å². The molecule has 8 heteroatoms. The van der Waals surface area contributed by atoms with Crippen LogP contribution in [0.1, 0.15) is 16.7 Å². The van der Waals surface area contributed by atoms with E-state index in [9.17, 15) is 14.4 Å². The molecule has 0 radical (unpaired) electrons. The number of carbonyl (C=O) groups excluding carboxylic acids is 1. The molecular formula is C25H24N4O4. The first kappa shape index (κ1) is 22.0. The molecule has 2 aromatic carbocycles. The van der Waals surface area contributed by atoms with Crippen LogP contribution in [-0.4, -0.2) is 27.1 Å². The standard InChI is InChI=1S/C25H24N4O4/c1-17-9-11-18(12-10-17)14-27-22(30)16-28-23-20(7-5-13-26-23)24(31)29(25(28)32)15-19-6-3-4-8-21(19)33-2/h3-13H,14-16H2,1-2H3,(H,27,30). The number of pyridine rings is 1. The van der Waals surface area contributed by atoms with E-state index in [0.717, 1.165) is 15.7 Å². The smallest absolute Gasteiger partial charge is 0.333 e. The van der Waals surface area contributed by atoms with Crippen LogP contribution in [0.2, 0.25) is 0 Å². The molecule has 0 aliphatic carbocycles. The van der Waals surface area contributed by atoms with Gasteiger partial charge >= 0.3 is 5.69 Å². The van der Waals surface area contributed by atoms with Gasteiger partial charge in [-0.05, 0) is 30.7 Å². The highest BCUT2D eigenvalue weighted by Crippen LogP contribution is 2.17. The number of benzene rings is 2. The van der Waals surface area contributed by atoms with E-state index in [1.807, 2.05) is 43.3 Å². The first-order valence-electron chi connectivity index (χ1n) is 10.5. The molecule has 2 heterocycles. The van der Waals surface area contributed by atoms with Crippen molar-refractivity contribution in [3.8, 4) is 5.75 Å². The van der Waals surface area contributed by atoms with Crippen molar-refractivity contribution in [3.05, 3.63) is 104 Å². The van der Waals surface area contributed by atoms with Crippen LogP contribution < -0.4 is 21.3 Å². The number of nitrogens with zero attached hydrogens (tertiary/aromatic N) is 3. The van der Waals surface area contributed by atoms with Crippen LogP contribution in [0.4, 0.5) is 0 Å². The highest BCUT2D eigenvalue weighted by molar-refractivity contribution is 5.79. The van der Waals surface area contributed by atoms with Crippen molar-refractivity contribution in [1.29, 1.82) is 0 Å². The van der Waals surface area contributed by atoms with Gasteiger partial charge in [0.15, 0.2) is 0 Å². The molecule has 4 rings (SSSR count). The summed E-state index contributed by atoms with van der Waals surface area (Å²) in [4.78, 5) is 43.3. The van der Waals surface area contributed by atoms with Crippen molar-refractivity contribution < 1.29 is 9.53 Å². The third-order valence-electron chi connectivity index (χ3n) is 5.41. The summed E-state index contributed by atoms with van der Waals surface area (Å²) in [7, 11) is 1.53. The summed E-state index contributed by atoms with van der Waals surface area (Å²) in [6.07, 6.45) is 1.49. The molecule has 0 saturated heterocycles. The molecule has 8 nitrogen and oxygen atoms in total. The minimum atomic E-state index is -0.609. The molecule has 0 atom stereocenters. The molecule has 1 amide bonds. The van der Waals surface area contributed by atoms with E-state index in [0.29, 0.717) is 17.9 Å². The van der Waals surface area contributed by atoms with Crippen molar-refractivity contribution in [1.82, 2.24) is 19.4 Å². The zero-order valence-electron chi connectivity index (χ0n) is 18.4. The SMILES string of the molecule is COc1ccccc1Cn1c(=O)c2cccnc2n(CC(=O)NCc2ccc(C)cc2)c1=O. The lowest BCUT2D eigenvalue weighted by molar-refractivity contribution is -0.121. The van der Waals surface area contributed by atoms with Gasteiger partial charge in [0, 0.05) is 18.3 Å². The number of carbonyl (C=O) groups is 1.